The lowest BCUT2D eigenvalue weighted by molar-refractivity contribution is 0.689. The van der Waals surface area contributed by atoms with Crippen LogP contribution in [0.3, 0.4) is 0 Å². The van der Waals surface area contributed by atoms with Gasteiger partial charge >= 0.3 is 0 Å². The molecule has 0 spiro atoms. The van der Waals surface area contributed by atoms with Crippen molar-refractivity contribution in [3.8, 4) is 22.3 Å². The van der Waals surface area contributed by atoms with Crippen LogP contribution in [0.1, 0.15) is 45.7 Å². The Labute approximate surface area is 360 Å². The number of benzene rings is 8. The summed E-state index contributed by atoms with van der Waals surface area (Å²) in [5, 5.41) is 9.29. The number of hydrogen-bond acceptors (Lipinski definition) is 4. The molecule has 2 unspecified atom stereocenters. The normalized spacial score (nSPS) is 18.0. The van der Waals surface area contributed by atoms with Gasteiger partial charge in [0.05, 0.1) is 0 Å². The van der Waals surface area contributed by atoms with Crippen molar-refractivity contribution in [1.82, 2.24) is 5.32 Å². The number of amidine groups is 2. The van der Waals surface area contributed by atoms with Gasteiger partial charge in [-0.3, -0.25) is 0 Å². The molecule has 0 saturated heterocycles. The van der Waals surface area contributed by atoms with E-state index in [0.29, 0.717) is 0 Å². The fraction of sp³-hybridized carbons (Fsp3) is 0.0877. The molecule has 290 valence electrons. The number of thioether (sulfide) groups is 1. The van der Waals surface area contributed by atoms with Crippen LogP contribution in [0.2, 0.25) is 0 Å². The van der Waals surface area contributed by atoms with Crippen LogP contribution in [0.25, 0.3) is 55.4 Å². The zero-order chi connectivity index (χ0) is 40.3. The molecule has 8 aromatic carbocycles. The van der Waals surface area contributed by atoms with Crippen molar-refractivity contribution in [1.29, 1.82) is 0 Å². The molecule has 0 aromatic heterocycles. The molecular formula is C57H41N3S. The summed E-state index contributed by atoms with van der Waals surface area (Å²) in [4.78, 5) is 12.5. The first kappa shape index (κ1) is 35.9. The van der Waals surface area contributed by atoms with E-state index in [0.717, 1.165) is 46.8 Å². The summed E-state index contributed by atoms with van der Waals surface area (Å²) in [5.41, 5.74) is 14.6. The molecule has 0 amide bonds. The predicted molar refractivity (Wildman–Crippen MR) is 257 cm³/mol. The van der Waals surface area contributed by atoms with E-state index in [4.69, 9.17) is 9.98 Å². The van der Waals surface area contributed by atoms with Crippen LogP contribution < -0.4 is 5.32 Å². The van der Waals surface area contributed by atoms with Crippen molar-refractivity contribution in [2.75, 3.05) is 0 Å². The minimum Gasteiger partial charge on any atom is -0.324 e. The van der Waals surface area contributed by atoms with Gasteiger partial charge in [0.25, 0.3) is 0 Å². The maximum absolute atomic E-state index is 5.57. The molecule has 3 nitrogen and oxygen atoms in total. The molecular weight excluding hydrogens is 759 g/mol. The van der Waals surface area contributed by atoms with Crippen molar-refractivity contribution in [2.24, 2.45) is 9.98 Å². The van der Waals surface area contributed by atoms with E-state index in [-0.39, 0.29) is 11.2 Å². The van der Waals surface area contributed by atoms with Gasteiger partial charge in [0.1, 0.15) is 11.7 Å². The Morgan fingerprint density at radius 2 is 1.11 bits per heavy atom. The number of allylic oxidation sites excluding steroid dienone is 3. The summed E-state index contributed by atoms with van der Waals surface area (Å²) in [6.07, 6.45) is 11.3. The molecule has 1 N–H and O–H groups in total. The van der Waals surface area contributed by atoms with Gasteiger partial charge in [-0.05, 0) is 114 Å². The highest BCUT2D eigenvalue weighted by molar-refractivity contribution is 8.00. The van der Waals surface area contributed by atoms with Crippen molar-refractivity contribution in [3.63, 3.8) is 0 Å². The van der Waals surface area contributed by atoms with Gasteiger partial charge in [-0.2, -0.15) is 0 Å². The molecule has 4 heteroatoms. The molecule has 61 heavy (non-hydrogen) atoms. The van der Waals surface area contributed by atoms with Crippen molar-refractivity contribution >= 4 is 56.6 Å². The van der Waals surface area contributed by atoms with Crippen LogP contribution >= 0.6 is 11.8 Å². The average Bonchev–Trinajstić information content (AvgIpc) is 3.73. The minimum absolute atomic E-state index is 0.134. The van der Waals surface area contributed by atoms with Gasteiger partial charge in [0.2, 0.25) is 0 Å². The third kappa shape index (κ3) is 6.38. The van der Waals surface area contributed by atoms with E-state index in [1.807, 2.05) is 11.8 Å². The van der Waals surface area contributed by atoms with Gasteiger partial charge in [-0.1, -0.05) is 176 Å². The highest BCUT2D eigenvalue weighted by Crippen LogP contribution is 2.54. The number of nitrogens with one attached hydrogen (secondary N) is 1. The smallest absolute Gasteiger partial charge is 0.166 e. The lowest BCUT2D eigenvalue weighted by Gasteiger charge is -2.31. The van der Waals surface area contributed by atoms with E-state index in [2.05, 4.69) is 206 Å². The molecule has 2 heterocycles. The maximum Gasteiger partial charge on any atom is 0.166 e. The van der Waals surface area contributed by atoms with Gasteiger partial charge in [0, 0.05) is 27.2 Å². The van der Waals surface area contributed by atoms with Crippen molar-refractivity contribution in [3.05, 3.63) is 233 Å². The summed E-state index contributed by atoms with van der Waals surface area (Å²) in [5.74, 6) is 1.78. The third-order valence-electron chi connectivity index (χ3n) is 12.8. The molecule has 0 radical (unpaired) electrons. The lowest BCUT2D eigenvalue weighted by atomic mass is 9.79. The van der Waals surface area contributed by atoms with Crippen molar-refractivity contribution in [2.45, 2.75) is 35.1 Å². The summed E-state index contributed by atoms with van der Waals surface area (Å²) in [7, 11) is 0. The Morgan fingerprint density at radius 3 is 1.84 bits per heavy atom. The molecule has 2 atom stereocenters. The van der Waals surface area contributed by atoms with Gasteiger partial charge < -0.3 is 5.32 Å². The second kappa shape index (κ2) is 14.9. The van der Waals surface area contributed by atoms with E-state index in [1.54, 1.807) is 0 Å². The highest BCUT2D eigenvalue weighted by Gasteiger charge is 2.40. The SMILES string of the molecule is C1=Cc2c(c3ccccc3c3ccc(C4=CC5Sc6ccccc6C5C(C5N=C(c6cccc(-c7ccccc7)c6)NC(c6cccc(-c7ccccc7)c6)=N5)=C4)cc23)CC1. The van der Waals surface area contributed by atoms with E-state index >= 15 is 0 Å². The standard InChI is InChI=1S/C57H41N3S/c1-3-15-36(16-4-1)38-19-13-21-41(31-38)55-58-56(42-22-14-20-39(32-42)37-17-5-2-6-18-37)60-57(59-55)51-34-43(35-53-54(51)49-27-11-12-28-52(49)61-53)40-29-30-48-46-25-8-7-23-44(46)45-24-9-10-26-47(45)50(48)33-40/h1-8,10-23,25-35,53-54,57H,9,24H2,(H,58,59,60). The fourth-order valence-corrected chi connectivity index (χ4v) is 11.3. The van der Waals surface area contributed by atoms with Crippen molar-refractivity contribution < 1.29 is 0 Å². The van der Waals surface area contributed by atoms with E-state index < -0.39 is 6.17 Å². The predicted octanol–water partition coefficient (Wildman–Crippen LogP) is 13.7. The van der Waals surface area contributed by atoms with Crippen LogP contribution in [0, 0.1) is 0 Å². The minimum atomic E-state index is -0.449. The van der Waals surface area contributed by atoms with Gasteiger partial charge in [-0.25, -0.2) is 9.98 Å². The number of fused-ring (bicyclic) bond motifs is 9. The highest BCUT2D eigenvalue weighted by atomic mass is 32.2. The fourth-order valence-electron chi connectivity index (χ4n) is 9.85. The Balaban J connectivity index is 1.03. The van der Waals surface area contributed by atoms with E-state index in [9.17, 15) is 0 Å². The summed E-state index contributed by atoms with van der Waals surface area (Å²) < 4.78 is 0. The van der Waals surface area contributed by atoms with Gasteiger partial charge in [-0.15, -0.1) is 11.8 Å². The first-order valence-corrected chi connectivity index (χ1v) is 22.2. The van der Waals surface area contributed by atoms with Crippen LogP contribution in [0.5, 0.6) is 0 Å². The number of nitrogens with zero attached hydrogens (tertiary/aromatic N) is 2. The summed E-state index contributed by atoms with van der Waals surface area (Å²) in [6, 6.07) is 63.6. The Kier molecular flexibility index (Phi) is 8.78. The molecule has 8 aromatic rings. The quantitative estimate of drug-likeness (QED) is 0.170. The molecule has 0 fully saturated rings. The molecule has 0 bridgehead atoms. The second-order valence-electron chi connectivity index (χ2n) is 16.4. The first-order chi connectivity index (χ1) is 30.2. The van der Waals surface area contributed by atoms with Crippen LogP contribution in [0.4, 0.5) is 0 Å². The number of hydrogen-bond donors (Lipinski definition) is 1. The summed E-state index contributed by atoms with van der Waals surface area (Å²) >= 11 is 1.97. The second-order valence-corrected chi connectivity index (χ2v) is 17.6. The van der Waals surface area contributed by atoms with Gasteiger partial charge in [0.15, 0.2) is 6.17 Å². The monoisotopic (exact) mass is 799 g/mol. The number of aryl methyl sites for hydroxylation is 1. The van der Waals surface area contributed by atoms with Crippen LogP contribution in [-0.2, 0) is 6.42 Å². The topological polar surface area (TPSA) is 36.8 Å². The third-order valence-corrected chi connectivity index (χ3v) is 14.1. The Bertz CT molecular complexity index is 3110. The maximum atomic E-state index is 5.57. The zero-order valence-electron chi connectivity index (χ0n) is 33.5. The number of rotatable bonds is 6. The first-order valence-electron chi connectivity index (χ1n) is 21.3. The summed E-state index contributed by atoms with van der Waals surface area (Å²) in [6.45, 7) is 0. The van der Waals surface area contributed by atoms with Crippen LogP contribution in [0.15, 0.2) is 215 Å². The lowest BCUT2D eigenvalue weighted by Crippen LogP contribution is -2.39. The Morgan fingerprint density at radius 1 is 0.508 bits per heavy atom. The molecule has 2 aliphatic carbocycles. The molecule has 12 rings (SSSR count). The number of aliphatic imine (C=N–C) groups is 2. The molecule has 0 saturated carbocycles. The van der Waals surface area contributed by atoms with Crippen LogP contribution in [-0.4, -0.2) is 23.1 Å². The zero-order valence-corrected chi connectivity index (χ0v) is 34.3. The largest absolute Gasteiger partial charge is 0.324 e. The molecule has 2 aliphatic heterocycles. The Hall–Kier alpha value is -7.01. The van der Waals surface area contributed by atoms with E-state index in [1.165, 1.54) is 71.0 Å². The molecule has 4 aliphatic rings. The average molecular weight is 800 g/mol.